The van der Waals surface area contributed by atoms with Gasteiger partial charge in [0.2, 0.25) is 0 Å². The minimum atomic E-state index is -0.241. The molecule has 90 valence electrons. The zero-order valence-corrected chi connectivity index (χ0v) is 14.4. The molecule has 1 aromatic heterocycles. The Morgan fingerprint density at radius 1 is 1.18 bits per heavy atom. The molecule has 0 N–H and O–H groups in total. The number of rotatable bonds is 2. The molecule has 0 saturated heterocycles. The van der Waals surface area contributed by atoms with Crippen molar-refractivity contribution in [3.63, 3.8) is 0 Å². The zero-order valence-electron chi connectivity index (χ0n) is 8.81. The third-order valence-electron chi connectivity index (χ3n) is 2.30. The second-order valence-electron chi connectivity index (χ2n) is 3.61. The van der Waals surface area contributed by atoms with Crippen molar-refractivity contribution in [2.24, 2.45) is 0 Å². The van der Waals surface area contributed by atoms with E-state index in [9.17, 15) is 4.39 Å². The van der Waals surface area contributed by atoms with Crippen LogP contribution in [0.25, 0.3) is 0 Å². The van der Waals surface area contributed by atoms with Gasteiger partial charge in [-0.05, 0) is 62.5 Å². The van der Waals surface area contributed by atoms with Crippen LogP contribution in [0.1, 0.15) is 20.1 Å². The number of hydrogen-bond donors (Lipinski definition) is 0. The Balaban J connectivity index is 2.40. The van der Waals surface area contributed by atoms with Gasteiger partial charge < -0.3 is 0 Å². The van der Waals surface area contributed by atoms with Gasteiger partial charge in [-0.3, -0.25) is 0 Å². The monoisotopic (exact) mass is 440 g/mol. The summed E-state index contributed by atoms with van der Waals surface area (Å²) in [6.07, 6.45) is 0. The number of hydrogen-bond acceptors (Lipinski definition) is 1. The first-order chi connectivity index (χ1) is 7.99. The molecular weight excluding hydrogens is 435 g/mol. The van der Waals surface area contributed by atoms with Crippen LogP contribution in [0, 0.1) is 12.7 Å². The maximum Gasteiger partial charge on any atom is 0.137 e. The molecule has 0 saturated carbocycles. The molecule has 0 aliphatic carbocycles. The number of benzene rings is 1. The molecule has 1 unspecified atom stereocenters. The van der Waals surface area contributed by atoms with Gasteiger partial charge in [0, 0.05) is 14.2 Å². The van der Waals surface area contributed by atoms with Gasteiger partial charge in [-0.15, -0.1) is 11.3 Å². The van der Waals surface area contributed by atoms with Crippen molar-refractivity contribution in [1.29, 1.82) is 0 Å². The van der Waals surface area contributed by atoms with Crippen LogP contribution in [0.2, 0.25) is 0 Å². The van der Waals surface area contributed by atoms with E-state index in [1.165, 1.54) is 15.8 Å². The smallest absolute Gasteiger partial charge is 0.137 e. The average molecular weight is 443 g/mol. The van der Waals surface area contributed by atoms with Crippen molar-refractivity contribution in [1.82, 2.24) is 0 Å². The lowest BCUT2D eigenvalue weighted by Crippen LogP contribution is -1.91. The lowest BCUT2D eigenvalue weighted by atomic mass is 10.1. The van der Waals surface area contributed by atoms with Gasteiger partial charge in [0.1, 0.15) is 5.82 Å². The number of thiophene rings is 1. The summed E-state index contributed by atoms with van der Waals surface area (Å²) in [5.74, 6) is -0.241. The van der Waals surface area contributed by atoms with Crippen LogP contribution in [-0.4, -0.2) is 0 Å². The Hall–Kier alpha value is 0.290. The number of alkyl halides is 1. The van der Waals surface area contributed by atoms with Crippen LogP contribution < -0.4 is 0 Å². The first kappa shape index (κ1) is 13.7. The Kier molecular flexibility index (Phi) is 4.45. The van der Waals surface area contributed by atoms with Crippen LogP contribution in [0.15, 0.2) is 33.2 Å². The highest BCUT2D eigenvalue weighted by molar-refractivity contribution is 9.11. The third kappa shape index (κ3) is 3.00. The molecule has 0 nitrogen and oxygen atoms in total. The van der Waals surface area contributed by atoms with Crippen LogP contribution >= 0.6 is 59.1 Å². The molecule has 1 heterocycles. The fourth-order valence-corrected chi connectivity index (χ4v) is 4.90. The van der Waals surface area contributed by atoms with Crippen molar-refractivity contribution >= 4 is 59.1 Å². The topological polar surface area (TPSA) is 0 Å². The maximum atomic E-state index is 13.2. The second-order valence-corrected chi connectivity index (χ2v) is 7.52. The maximum absolute atomic E-state index is 13.2. The summed E-state index contributed by atoms with van der Waals surface area (Å²) < 4.78 is 14.8. The van der Waals surface area contributed by atoms with Crippen molar-refractivity contribution in [2.45, 2.75) is 11.8 Å². The van der Waals surface area contributed by atoms with E-state index in [1.54, 1.807) is 23.5 Å². The summed E-state index contributed by atoms with van der Waals surface area (Å²) in [6.45, 7) is 2.07. The van der Waals surface area contributed by atoms with Crippen molar-refractivity contribution < 1.29 is 4.39 Å². The standard InChI is InChI=1S/C12H8Br3FS/c1-6-4-9(14)12(17-6)11(15)7-2-3-10(16)8(13)5-7/h2-5,11H,1H3. The molecule has 0 fully saturated rings. The Bertz CT molecular complexity index is 551. The Morgan fingerprint density at radius 2 is 1.88 bits per heavy atom. The predicted molar refractivity (Wildman–Crippen MR) is 81.6 cm³/mol. The van der Waals surface area contributed by atoms with E-state index in [4.69, 9.17) is 0 Å². The first-order valence-electron chi connectivity index (χ1n) is 4.84. The number of halogens is 4. The van der Waals surface area contributed by atoms with E-state index in [0.29, 0.717) is 4.47 Å². The van der Waals surface area contributed by atoms with Crippen molar-refractivity contribution in [2.75, 3.05) is 0 Å². The lowest BCUT2D eigenvalue weighted by Gasteiger charge is -2.10. The van der Waals surface area contributed by atoms with Crippen LogP contribution in [-0.2, 0) is 0 Å². The highest BCUT2D eigenvalue weighted by atomic mass is 79.9. The summed E-state index contributed by atoms with van der Waals surface area (Å²) >= 11 is 12.1. The van der Waals surface area contributed by atoms with Gasteiger partial charge >= 0.3 is 0 Å². The summed E-state index contributed by atoms with van der Waals surface area (Å²) in [7, 11) is 0. The van der Waals surface area contributed by atoms with E-state index in [-0.39, 0.29) is 10.6 Å². The SMILES string of the molecule is Cc1cc(Br)c(C(Br)c2ccc(F)c(Br)c2)s1. The van der Waals surface area contributed by atoms with Gasteiger partial charge in [0.05, 0.1) is 9.30 Å². The molecule has 5 heteroatoms. The Morgan fingerprint density at radius 3 is 2.41 bits per heavy atom. The quantitative estimate of drug-likeness (QED) is 0.485. The first-order valence-corrected chi connectivity index (χ1v) is 8.15. The molecule has 0 radical (unpaired) electrons. The molecule has 0 aliphatic heterocycles. The summed E-state index contributed by atoms with van der Waals surface area (Å²) in [5.41, 5.74) is 1.03. The molecule has 0 aliphatic rings. The van der Waals surface area contributed by atoms with E-state index in [1.807, 2.05) is 0 Å². The van der Waals surface area contributed by atoms with E-state index < -0.39 is 0 Å². The van der Waals surface area contributed by atoms with Gasteiger partial charge in [-0.1, -0.05) is 22.0 Å². The molecule has 2 aromatic rings. The van der Waals surface area contributed by atoms with Crippen LogP contribution in [0.5, 0.6) is 0 Å². The fraction of sp³-hybridized carbons (Fsp3) is 0.167. The van der Waals surface area contributed by atoms with Gasteiger partial charge in [-0.2, -0.15) is 0 Å². The van der Waals surface area contributed by atoms with E-state index in [0.717, 1.165) is 10.0 Å². The minimum absolute atomic E-state index is 0.0764. The van der Waals surface area contributed by atoms with Crippen LogP contribution in [0.4, 0.5) is 4.39 Å². The van der Waals surface area contributed by atoms with Crippen molar-refractivity contribution in [3.8, 4) is 0 Å². The number of aryl methyl sites for hydroxylation is 1. The molecule has 17 heavy (non-hydrogen) atoms. The second kappa shape index (κ2) is 5.51. The van der Waals surface area contributed by atoms with Crippen molar-refractivity contribution in [3.05, 3.63) is 54.3 Å². The van der Waals surface area contributed by atoms with E-state index in [2.05, 4.69) is 60.8 Å². The highest BCUT2D eigenvalue weighted by Gasteiger charge is 2.17. The van der Waals surface area contributed by atoms with Gasteiger partial charge in [-0.25, -0.2) is 4.39 Å². The molecule has 1 aromatic carbocycles. The Labute approximate surface area is 129 Å². The average Bonchev–Trinajstić information content (AvgIpc) is 2.61. The largest absolute Gasteiger partial charge is 0.206 e. The van der Waals surface area contributed by atoms with Gasteiger partial charge in [0.25, 0.3) is 0 Å². The lowest BCUT2D eigenvalue weighted by molar-refractivity contribution is 0.620. The molecule has 1 atom stereocenters. The molecule has 0 amide bonds. The fourth-order valence-electron chi connectivity index (χ4n) is 1.50. The summed E-state index contributed by atoms with van der Waals surface area (Å²) in [5, 5.41) is 0. The van der Waals surface area contributed by atoms with Crippen LogP contribution in [0.3, 0.4) is 0 Å². The van der Waals surface area contributed by atoms with Gasteiger partial charge in [0.15, 0.2) is 0 Å². The zero-order chi connectivity index (χ0) is 12.6. The third-order valence-corrected chi connectivity index (χ3v) is 6.23. The normalized spacial score (nSPS) is 12.8. The molecule has 2 rings (SSSR count). The summed E-state index contributed by atoms with van der Waals surface area (Å²) in [4.78, 5) is 2.52. The molecule has 0 spiro atoms. The summed E-state index contributed by atoms with van der Waals surface area (Å²) in [6, 6.07) is 7.16. The predicted octanol–water partition coefficient (Wildman–Crippen LogP) is 6.20. The van der Waals surface area contributed by atoms with E-state index >= 15 is 0 Å². The highest BCUT2D eigenvalue weighted by Crippen LogP contribution is 2.41. The minimum Gasteiger partial charge on any atom is -0.206 e. The molecule has 0 bridgehead atoms. The molecular formula is C12H8Br3FS.